The molecule has 1 fully saturated rings. The smallest absolute Gasteiger partial charge is 0.239 e. The molecule has 3 rings (SSSR count). The highest BCUT2D eigenvalue weighted by molar-refractivity contribution is 8.15. The first-order valence-electron chi connectivity index (χ1n) is 8.86. The molecule has 0 aromatic heterocycles. The molecular formula is C21H23N3O2S. The molecule has 1 aliphatic heterocycles. The van der Waals surface area contributed by atoms with Crippen LogP contribution in [0.2, 0.25) is 0 Å². The first-order chi connectivity index (χ1) is 13.0. The lowest BCUT2D eigenvalue weighted by Gasteiger charge is -2.06. The van der Waals surface area contributed by atoms with Crippen molar-refractivity contribution in [2.24, 2.45) is 10.2 Å². The highest BCUT2D eigenvalue weighted by Gasteiger charge is 2.30. The van der Waals surface area contributed by atoms with Crippen molar-refractivity contribution in [2.75, 3.05) is 7.11 Å². The monoisotopic (exact) mass is 381 g/mol. The number of hydrogen-bond donors (Lipinski definition) is 1. The van der Waals surface area contributed by atoms with Crippen molar-refractivity contribution in [1.82, 2.24) is 5.32 Å². The van der Waals surface area contributed by atoms with Crippen molar-refractivity contribution in [3.8, 4) is 5.75 Å². The van der Waals surface area contributed by atoms with E-state index < -0.39 is 0 Å². The number of rotatable bonds is 6. The molecule has 0 spiro atoms. The Labute approximate surface area is 163 Å². The van der Waals surface area contributed by atoms with E-state index in [0.717, 1.165) is 16.9 Å². The molecular weight excluding hydrogens is 358 g/mol. The fourth-order valence-corrected chi connectivity index (χ4v) is 3.64. The third kappa shape index (κ3) is 5.20. The summed E-state index contributed by atoms with van der Waals surface area (Å²) in [6.45, 7) is 4.33. The quantitative estimate of drug-likeness (QED) is 0.608. The first kappa shape index (κ1) is 19.2. The fourth-order valence-electron chi connectivity index (χ4n) is 2.68. The summed E-state index contributed by atoms with van der Waals surface area (Å²) in [7, 11) is 1.64. The van der Waals surface area contributed by atoms with Gasteiger partial charge in [-0.15, -0.1) is 5.10 Å². The van der Waals surface area contributed by atoms with E-state index in [1.165, 1.54) is 17.3 Å². The van der Waals surface area contributed by atoms with Crippen LogP contribution in [-0.2, 0) is 11.2 Å². The Kier molecular flexibility index (Phi) is 6.29. The van der Waals surface area contributed by atoms with Crippen LogP contribution in [0.3, 0.4) is 0 Å². The lowest BCUT2D eigenvalue weighted by Crippen LogP contribution is -2.25. The first-order valence-corrected chi connectivity index (χ1v) is 9.74. The molecule has 0 bridgehead atoms. The number of thioether (sulfide) groups is 1. The highest BCUT2D eigenvalue weighted by atomic mass is 32.2. The van der Waals surface area contributed by atoms with Crippen LogP contribution in [0.25, 0.3) is 0 Å². The molecule has 0 aliphatic carbocycles. The molecule has 0 saturated carbocycles. The van der Waals surface area contributed by atoms with Gasteiger partial charge in [-0.1, -0.05) is 62.0 Å². The molecule has 2 aromatic carbocycles. The Morgan fingerprint density at radius 1 is 1.15 bits per heavy atom. The Morgan fingerprint density at radius 2 is 1.85 bits per heavy atom. The van der Waals surface area contributed by atoms with Gasteiger partial charge in [0.15, 0.2) is 5.17 Å². The van der Waals surface area contributed by atoms with Crippen LogP contribution < -0.4 is 10.1 Å². The molecule has 1 atom stereocenters. The summed E-state index contributed by atoms with van der Waals surface area (Å²) in [6.07, 6.45) is 2.33. The Morgan fingerprint density at radius 3 is 2.48 bits per heavy atom. The van der Waals surface area contributed by atoms with Gasteiger partial charge in [-0.25, -0.2) is 0 Å². The lowest BCUT2D eigenvalue weighted by molar-refractivity contribution is -0.118. The van der Waals surface area contributed by atoms with Crippen molar-refractivity contribution >= 4 is 29.1 Å². The Bertz CT molecular complexity index is 843. The summed E-state index contributed by atoms with van der Waals surface area (Å²) in [4.78, 5) is 12.2. The molecule has 0 radical (unpaired) electrons. The van der Waals surface area contributed by atoms with Crippen LogP contribution >= 0.6 is 11.8 Å². The number of nitrogens with one attached hydrogen (secondary N) is 1. The van der Waals surface area contributed by atoms with Gasteiger partial charge in [0, 0.05) is 0 Å². The van der Waals surface area contributed by atoms with E-state index in [1.807, 2.05) is 36.4 Å². The van der Waals surface area contributed by atoms with Crippen molar-refractivity contribution in [1.29, 1.82) is 0 Å². The van der Waals surface area contributed by atoms with Gasteiger partial charge in [-0.05, 0) is 41.2 Å². The van der Waals surface area contributed by atoms with Crippen LogP contribution in [0.4, 0.5) is 0 Å². The topological polar surface area (TPSA) is 63.1 Å². The van der Waals surface area contributed by atoms with Crippen molar-refractivity contribution < 1.29 is 9.53 Å². The van der Waals surface area contributed by atoms with Crippen LogP contribution in [0, 0.1) is 0 Å². The number of amidine groups is 1. The van der Waals surface area contributed by atoms with Crippen molar-refractivity contribution in [2.45, 2.75) is 31.4 Å². The standard InChI is InChI=1S/C21H23N3O2S/c1-14(2)17-8-4-16(5-9-17)13-22-24-21-23-20(25)19(27-21)12-15-6-10-18(26-3)11-7-15/h4-11,13-14,19H,12H2,1-3H3,(H,23,24,25)/b22-13+. The van der Waals surface area contributed by atoms with Crippen LogP contribution in [0.5, 0.6) is 5.75 Å². The minimum Gasteiger partial charge on any atom is -0.497 e. The number of nitrogens with zero attached hydrogens (tertiary/aromatic N) is 2. The lowest BCUT2D eigenvalue weighted by atomic mass is 10.0. The molecule has 140 valence electrons. The van der Waals surface area contributed by atoms with Gasteiger partial charge < -0.3 is 10.1 Å². The number of carbonyl (C=O) groups is 1. The highest BCUT2D eigenvalue weighted by Crippen LogP contribution is 2.24. The van der Waals surface area contributed by atoms with E-state index >= 15 is 0 Å². The van der Waals surface area contributed by atoms with Gasteiger partial charge >= 0.3 is 0 Å². The zero-order valence-electron chi connectivity index (χ0n) is 15.7. The van der Waals surface area contributed by atoms with Gasteiger partial charge in [-0.3, -0.25) is 4.79 Å². The van der Waals surface area contributed by atoms with Gasteiger partial charge in [-0.2, -0.15) is 5.10 Å². The normalized spacial score (nSPS) is 18.4. The zero-order valence-corrected chi connectivity index (χ0v) is 16.5. The largest absolute Gasteiger partial charge is 0.497 e. The summed E-state index contributed by atoms with van der Waals surface area (Å²) >= 11 is 1.41. The van der Waals surface area contributed by atoms with Crippen LogP contribution in [-0.4, -0.2) is 29.6 Å². The second kappa shape index (κ2) is 8.86. The number of hydrogen-bond acceptors (Lipinski definition) is 5. The molecule has 1 heterocycles. The third-order valence-corrected chi connectivity index (χ3v) is 5.39. The SMILES string of the molecule is COc1ccc(CC2S/C(=N\N=C\c3ccc(C(C)C)cc3)NC2=O)cc1. The summed E-state index contributed by atoms with van der Waals surface area (Å²) in [6, 6.07) is 16.0. The summed E-state index contributed by atoms with van der Waals surface area (Å²) in [5.74, 6) is 1.27. The second-order valence-electron chi connectivity index (χ2n) is 6.62. The fraction of sp³-hybridized carbons (Fsp3) is 0.286. The number of benzene rings is 2. The predicted molar refractivity (Wildman–Crippen MR) is 112 cm³/mol. The predicted octanol–water partition coefficient (Wildman–Crippen LogP) is 3.98. The van der Waals surface area contributed by atoms with Crippen LogP contribution in [0.15, 0.2) is 58.7 Å². The third-order valence-electron chi connectivity index (χ3n) is 4.32. The van der Waals surface area contributed by atoms with E-state index in [2.05, 4.69) is 41.5 Å². The molecule has 1 aliphatic rings. The maximum atomic E-state index is 12.2. The van der Waals surface area contributed by atoms with Gasteiger partial charge in [0.2, 0.25) is 5.91 Å². The molecule has 1 N–H and O–H groups in total. The summed E-state index contributed by atoms with van der Waals surface area (Å²) in [5.41, 5.74) is 3.35. The Balaban J connectivity index is 1.58. The van der Waals surface area contributed by atoms with E-state index in [9.17, 15) is 4.79 Å². The number of carbonyl (C=O) groups excluding carboxylic acids is 1. The maximum Gasteiger partial charge on any atom is 0.239 e. The zero-order chi connectivity index (χ0) is 19.2. The van der Waals surface area contributed by atoms with Gasteiger partial charge in [0.05, 0.1) is 18.6 Å². The molecule has 1 saturated heterocycles. The maximum absolute atomic E-state index is 12.2. The average Bonchev–Trinajstić information content (AvgIpc) is 3.02. The van der Waals surface area contributed by atoms with E-state index in [4.69, 9.17) is 4.74 Å². The van der Waals surface area contributed by atoms with E-state index in [-0.39, 0.29) is 11.2 Å². The minimum atomic E-state index is -0.197. The van der Waals surface area contributed by atoms with E-state index in [0.29, 0.717) is 17.5 Å². The minimum absolute atomic E-state index is 0.0361. The molecule has 2 aromatic rings. The Hall–Kier alpha value is -2.60. The van der Waals surface area contributed by atoms with Crippen LogP contribution in [0.1, 0.15) is 36.5 Å². The second-order valence-corrected chi connectivity index (χ2v) is 7.81. The average molecular weight is 382 g/mol. The number of ether oxygens (including phenoxy) is 1. The van der Waals surface area contributed by atoms with Gasteiger partial charge in [0.1, 0.15) is 5.75 Å². The molecule has 1 unspecified atom stereocenters. The van der Waals surface area contributed by atoms with Crippen molar-refractivity contribution in [3.05, 3.63) is 65.2 Å². The molecule has 27 heavy (non-hydrogen) atoms. The number of amides is 1. The molecule has 6 heteroatoms. The summed E-state index contributed by atoms with van der Waals surface area (Å²) in [5, 5.41) is 11.4. The van der Waals surface area contributed by atoms with E-state index in [1.54, 1.807) is 13.3 Å². The molecule has 5 nitrogen and oxygen atoms in total. The van der Waals surface area contributed by atoms with Gasteiger partial charge in [0.25, 0.3) is 0 Å². The molecule has 1 amide bonds. The summed E-state index contributed by atoms with van der Waals surface area (Å²) < 4.78 is 5.16. The number of methoxy groups -OCH3 is 1. The van der Waals surface area contributed by atoms with Crippen molar-refractivity contribution in [3.63, 3.8) is 0 Å².